The number of anilines is 3. The summed E-state index contributed by atoms with van der Waals surface area (Å²) in [5.74, 6) is -0.945. The zero-order valence-electron chi connectivity index (χ0n) is 15.2. The molecule has 0 spiro atoms. The molecule has 142 valence electrons. The van der Waals surface area contributed by atoms with E-state index in [9.17, 15) is 9.59 Å². The second kappa shape index (κ2) is 9.36. The molecule has 0 aliphatic rings. The van der Waals surface area contributed by atoms with E-state index >= 15 is 0 Å². The maximum absolute atomic E-state index is 12.5. The Hall–Kier alpha value is -2.87. The fourth-order valence-corrected chi connectivity index (χ4v) is 3.26. The van der Waals surface area contributed by atoms with E-state index in [1.807, 2.05) is 61.5 Å². The first-order valence-electron chi connectivity index (χ1n) is 8.67. The van der Waals surface area contributed by atoms with Gasteiger partial charge in [-0.3, -0.25) is 4.79 Å². The molecule has 0 aliphatic carbocycles. The largest absolute Gasteiger partial charge is 0.452 e. The molecule has 0 saturated heterocycles. The predicted octanol–water partition coefficient (Wildman–Crippen LogP) is 5.14. The molecule has 0 aliphatic heterocycles. The molecule has 6 heteroatoms. The van der Waals surface area contributed by atoms with Crippen LogP contribution in [0.25, 0.3) is 0 Å². The van der Waals surface area contributed by atoms with Gasteiger partial charge in [0.15, 0.2) is 6.61 Å². The van der Waals surface area contributed by atoms with Crippen molar-refractivity contribution in [3.05, 3.63) is 87.5 Å². The lowest BCUT2D eigenvalue weighted by atomic mass is 10.1. The first-order chi connectivity index (χ1) is 13.5. The minimum absolute atomic E-state index is 0.357. The number of para-hydroxylation sites is 2. The van der Waals surface area contributed by atoms with E-state index in [0.717, 1.165) is 14.8 Å². The zero-order valence-corrected chi connectivity index (χ0v) is 17.4. The van der Waals surface area contributed by atoms with E-state index in [-0.39, 0.29) is 12.5 Å². The Morgan fingerprint density at radius 3 is 2.39 bits per heavy atom. The number of hydrogen-bond donors (Lipinski definition) is 2. The van der Waals surface area contributed by atoms with Crippen LogP contribution in [0.5, 0.6) is 0 Å². The van der Waals surface area contributed by atoms with Crippen molar-refractivity contribution in [2.45, 2.75) is 6.92 Å². The fourth-order valence-electron chi connectivity index (χ4n) is 2.61. The highest BCUT2D eigenvalue weighted by molar-refractivity contribution is 14.1. The maximum atomic E-state index is 12.5. The Balaban J connectivity index is 1.62. The third kappa shape index (κ3) is 5.32. The van der Waals surface area contributed by atoms with E-state index in [1.54, 1.807) is 18.2 Å². The number of nitrogens with one attached hydrogen (secondary N) is 2. The molecule has 28 heavy (non-hydrogen) atoms. The van der Waals surface area contributed by atoms with Crippen molar-refractivity contribution in [1.82, 2.24) is 0 Å². The molecule has 1 amide bonds. The van der Waals surface area contributed by atoms with Crippen molar-refractivity contribution in [2.24, 2.45) is 0 Å². The lowest BCUT2D eigenvalue weighted by molar-refractivity contribution is -0.119. The van der Waals surface area contributed by atoms with E-state index in [2.05, 4.69) is 33.2 Å². The van der Waals surface area contributed by atoms with Crippen molar-refractivity contribution in [2.75, 3.05) is 17.2 Å². The molecule has 0 atom stereocenters. The fraction of sp³-hybridized carbons (Fsp3) is 0.0909. The molecule has 0 fully saturated rings. The van der Waals surface area contributed by atoms with Gasteiger partial charge in [0, 0.05) is 14.9 Å². The van der Waals surface area contributed by atoms with Gasteiger partial charge in [-0.25, -0.2) is 4.79 Å². The average molecular weight is 486 g/mol. The van der Waals surface area contributed by atoms with Gasteiger partial charge in [-0.15, -0.1) is 0 Å². The number of ether oxygens (including phenoxy) is 1. The van der Waals surface area contributed by atoms with Gasteiger partial charge in [0.25, 0.3) is 5.91 Å². The highest BCUT2D eigenvalue weighted by atomic mass is 127. The molecule has 0 saturated carbocycles. The predicted molar refractivity (Wildman–Crippen MR) is 119 cm³/mol. The van der Waals surface area contributed by atoms with Crippen molar-refractivity contribution < 1.29 is 14.3 Å². The molecule has 5 nitrogen and oxygen atoms in total. The maximum Gasteiger partial charge on any atom is 0.340 e. The molecule has 3 aromatic rings. The van der Waals surface area contributed by atoms with Crippen LogP contribution in [-0.4, -0.2) is 18.5 Å². The first-order valence-corrected chi connectivity index (χ1v) is 9.75. The topological polar surface area (TPSA) is 67.4 Å². The molecule has 0 radical (unpaired) electrons. The van der Waals surface area contributed by atoms with Crippen LogP contribution in [-0.2, 0) is 9.53 Å². The average Bonchev–Trinajstić information content (AvgIpc) is 2.69. The summed E-state index contributed by atoms with van der Waals surface area (Å²) in [6.07, 6.45) is 0. The molecule has 0 heterocycles. The Bertz CT molecular complexity index is 990. The van der Waals surface area contributed by atoms with Crippen LogP contribution >= 0.6 is 22.6 Å². The number of halogens is 1. The van der Waals surface area contributed by atoms with Crippen LogP contribution in [0.2, 0.25) is 0 Å². The van der Waals surface area contributed by atoms with Gasteiger partial charge < -0.3 is 15.4 Å². The SMILES string of the molecule is Cc1cc(I)ccc1NC(=O)COC(=O)c1ccccc1Nc1ccccc1. The molecule has 2 N–H and O–H groups in total. The van der Waals surface area contributed by atoms with Crippen LogP contribution in [0.3, 0.4) is 0 Å². The number of rotatable bonds is 6. The van der Waals surface area contributed by atoms with Gasteiger partial charge in [-0.05, 0) is 77.5 Å². The van der Waals surface area contributed by atoms with Gasteiger partial charge in [0.05, 0.1) is 11.3 Å². The summed E-state index contributed by atoms with van der Waals surface area (Å²) in [5, 5.41) is 5.96. The van der Waals surface area contributed by atoms with E-state index in [4.69, 9.17) is 4.74 Å². The normalized spacial score (nSPS) is 10.2. The third-order valence-electron chi connectivity index (χ3n) is 4.00. The molecule has 3 aromatic carbocycles. The van der Waals surface area contributed by atoms with Crippen LogP contribution in [0.4, 0.5) is 17.1 Å². The highest BCUT2D eigenvalue weighted by Gasteiger charge is 2.15. The quantitative estimate of drug-likeness (QED) is 0.374. The highest BCUT2D eigenvalue weighted by Crippen LogP contribution is 2.22. The molecular weight excluding hydrogens is 467 g/mol. The smallest absolute Gasteiger partial charge is 0.340 e. The summed E-state index contributed by atoms with van der Waals surface area (Å²) in [7, 11) is 0. The van der Waals surface area contributed by atoms with E-state index in [1.165, 1.54) is 0 Å². The van der Waals surface area contributed by atoms with E-state index in [0.29, 0.717) is 16.9 Å². The second-order valence-corrected chi connectivity index (χ2v) is 7.37. The number of aryl methyl sites for hydroxylation is 1. The summed E-state index contributed by atoms with van der Waals surface area (Å²) in [5.41, 5.74) is 3.49. The Kier molecular flexibility index (Phi) is 6.65. The Morgan fingerprint density at radius 1 is 0.929 bits per heavy atom. The molecular formula is C22H19IN2O3. The Labute approximate surface area is 177 Å². The van der Waals surface area contributed by atoms with Gasteiger partial charge >= 0.3 is 5.97 Å². The summed E-state index contributed by atoms with van der Waals surface area (Å²) in [6, 6.07) is 22.3. The van der Waals surface area contributed by atoms with Crippen LogP contribution < -0.4 is 10.6 Å². The van der Waals surface area contributed by atoms with Crippen LogP contribution in [0.1, 0.15) is 15.9 Å². The van der Waals surface area contributed by atoms with Crippen molar-refractivity contribution in [3.63, 3.8) is 0 Å². The standard InChI is InChI=1S/C22H19IN2O3/c1-15-13-16(23)11-12-19(15)25-21(26)14-28-22(27)18-9-5-6-10-20(18)24-17-7-3-2-4-8-17/h2-13,24H,14H2,1H3,(H,25,26). The molecule has 0 aromatic heterocycles. The van der Waals surface area contributed by atoms with Gasteiger partial charge in [0.2, 0.25) is 0 Å². The summed E-state index contributed by atoms with van der Waals surface area (Å²) < 4.78 is 6.30. The number of hydrogen-bond acceptors (Lipinski definition) is 4. The lowest BCUT2D eigenvalue weighted by Gasteiger charge is -2.12. The summed E-state index contributed by atoms with van der Waals surface area (Å²) in [4.78, 5) is 24.6. The number of carbonyl (C=O) groups is 2. The molecule has 3 rings (SSSR count). The van der Waals surface area contributed by atoms with Crippen LogP contribution in [0, 0.1) is 10.5 Å². The molecule has 0 bridgehead atoms. The van der Waals surface area contributed by atoms with Gasteiger partial charge in [-0.1, -0.05) is 30.3 Å². The first kappa shape index (κ1) is 19.9. The minimum Gasteiger partial charge on any atom is -0.452 e. The lowest BCUT2D eigenvalue weighted by Crippen LogP contribution is -2.21. The summed E-state index contributed by atoms with van der Waals surface area (Å²) in [6.45, 7) is 1.55. The number of esters is 1. The third-order valence-corrected chi connectivity index (χ3v) is 4.67. The zero-order chi connectivity index (χ0) is 19.9. The van der Waals surface area contributed by atoms with Gasteiger partial charge in [-0.2, -0.15) is 0 Å². The monoisotopic (exact) mass is 486 g/mol. The minimum atomic E-state index is -0.562. The van der Waals surface area contributed by atoms with E-state index < -0.39 is 5.97 Å². The van der Waals surface area contributed by atoms with Crippen LogP contribution in [0.15, 0.2) is 72.8 Å². The van der Waals surface area contributed by atoms with Crippen molar-refractivity contribution in [3.8, 4) is 0 Å². The number of carbonyl (C=O) groups excluding carboxylic acids is 2. The summed E-state index contributed by atoms with van der Waals surface area (Å²) >= 11 is 2.21. The van der Waals surface area contributed by atoms with Crippen molar-refractivity contribution in [1.29, 1.82) is 0 Å². The van der Waals surface area contributed by atoms with Crippen molar-refractivity contribution >= 4 is 51.5 Å². The molecule has 0 unspecified atom stereocenters. The second-order valence-electron chi connectivity index (χ2n) is 6.12. The number of benzene rings is 3. The van der Waals surface area contributed by atoms with Gasteiger partial charge in [0.1, 0.15) is 0 Å². The Morgan fingerprint density at radius 2 is 1.64 bits per heavy atom. The number of amides is 1.